The Morgan fingerprint density at radius 1 is 1.44 bits per heavy atom. The van der Waals surface area contributed by atoms with E-state index in [1.165, 1.54) is 6.92 Å². The van der Waals surface area contributed by atoms with Gasteiger partial charge in [-0.3, -0.25) is 0 Å². The molecule has 1 rings (SSSR count). The van der Waals surface area contributed by atoms with Crippen LogP contribution in [0.15, 0.2) is 23.1 Å². The number of nitrogens with one attached hydrogen (secondary N) is 1. The molecule has 4 nitrogen and oxygen atoms in total. The van der Waals surface area contributed by atoms with Gasteiger partial charge in [0.2, 0.25) is 10.0 Å². The summed E-state index contributed by atoms with van der Waals surface area (Å²) >= 11 is 0. The minimum absolute atomic E-state index is 0.0656. The smallest absolute Gasteiger partial charge is 0.243 e. The molecule has 3 N–H and O–H groups in total. The molecule has 7 heteroatoms. The van der Waals surface area contributed by atoms with Crippen LogP contribution in [0.2, 0.25) is 0 Å². The first kappa shape index (κ1) is 13.0. The number of rotatable bonds is 4. The summed E-state index contributed by atoms with van der Waals surface area (Å²) in [5, 5.41) is 0. The maximum Gasteiger partial charge on any atom is 0.243 e. The van der Waals surface area contributed by atoms with Crippen molar-refractivity contribution in [3.05, 3.63) is 29.8 Å². The second-order valence-electron chi connectivity index (χ2n) is 3.33. The first-order chi connectivity index (χ1) is 7.36. The molecule has 0 radical (unpaired) electrons. The number of hydrogen-bond donors (Lipinski definition) is 2. The van der Waals surface area contributed by atoms with Gasteiger partial charge in [-0.05, 0) is 25.1 Å². The molecule has 0 heterocycles. The molecule has 0 saturated carbocycles. The van der Waals surface area contributed by atoms with Crippen LogP contribution in [0, 0.1) is 11.6 Å². The number of benzene rings is 1. The summed E-state index contributed by atoms with van der Waals surface area (Å²) < 4.78 is 51.3. The molecule has 0 aliphatic rings. The van der Waals surface area contributed by atoms with E-state index in [1.807, 2.05) is 0 Å². The van der Waals surface area contributed by atoms with E-state index in [0.717, 1.165) is 12.1 Å². The van der Waals surface area contributed by atoms with Gasteiger partial charge in [0.05, 0.1) is 0 Å². The van der Waals surface area contributed by atoms with Crippen molar-refractivity contribution in [2.24, 2.45) is 5.73 Å². The highest BCUT2D eigenvalue weighted by Gasteiger charge is 2.21. The second kappa shape index (κ2) is 4.86. The molecule has 90 valence electrons. The van der Waals surface area contributed by atoms with E-state index in [-0.39, 0.29) is 6.54 Å². The van der Waals surface area contributed by atoms with Crippen molar-refractivity contribution in [1.29, 1.82) is 0 Å². The van der Waals surface area contributed by atoms with Crippen LogP contribution < -0.4 is 10.5 Å². The van der Waals surface area contributed by atoms with Gasteiger partial charge in [-0.15, -0.1) is 0 Å². The summed E-state index contributed by atoms with van der Waals surface area (Å²) in [5.74, 6) is -1.82. The van der Waals surface area contributed by atoms with Crippen LogP contribution in [0.25, 0.3) is 0 Å². The highest BCUT2D eigenvalue weighted by Crippen LogP contribution is 2.15. The highest BCUT2D eigenvalue weighted by molar-refractivity contribution is 7.89. The molecule has 0 saturated heterocycles. The van der Waals surface area contributed by atoms with E-state index in [4.69, 9.17) is 5.73 Å². The first-order valence-corrected chi connectivity index (χ1v) is 6.02. The summed E-state index contributed by atoms with van der Waals surface area (Å²) in [6.45, 7) is 1.59. The van der Waals surface area contributed by atoms with Gasteiger partial charge in [0.25, 0.3) is 0 Å². The van der Waals surface area contributed by atoms with Crippen LogP contribution in [0.4, 0.5) is 8.78 Å². The number of hydrogen-bond acceptors (Lipinski definition) is 3. The number of nitrogens with two attached hydrogens (primary N) is 1. The maximum atomic E-state index is 13.2. The lowest BCUT2D eigenvalue weighted by Gasteiger charge is -2.12. The third kappa shape index (κ3) is 2.97. The Kier molecular flexibility index (Phi) is 3.95. The Hall–Kier alpha value is -1.05. The van der Waals surface area contributed by atoms with Crippen molar-refractivity contribution >= 4 is 10.0 Å². The lowest BCUT2D eigenvalue weighted by atomic mass is 10.3. The zero-order valence-corrected chi connectivity index (χ0v) is 9.39. The summed E-state index contributed by atoms with van der Waals surface area (Å²) in [7, 11) is -4.07. The van der Waals surface area contributed by atoms with Crippen molar-refractivity contribution in [3.63, 3.8) is 0 Å². The summed E-state index contributed by atoms with van der Waals surface area (Å²) in [6.07, 6.45) is 0. The molecule has 1 atom stereocenters. The Labute approximate surface area is 92.5 Å². The predicted octanol–water partition coefficient (Wildman–Crippen LogP) is 0.590. The normalized spacial score (nSPS) is 13.8. The molecule has 0 fully saturated rings. The van der Waals surface area contributed by atoms with Gasteiger partial charge in [-0.25, -0.2) is 21.9 Å². The third-order valence-corrected chi connectivity index (χ3v) is 3.50. The first-order valence-electron chi connectivity index (χ1n) is 4.54. The number of sulfonamides is 1. The minimum atomic E-state index is -4.07. The Morgan fingerprint density at radius 3 is 2.62 bits per heavy atom. The molecule has 0 bridgehead atoms. The van der Waals surface area contributed by atoms with Crippen molar-refractivity contribution < 1.29 is 17.2 Å². The zero-order chi connectivity index (χ0) is 12.3. The SMILES string of the molecule is C[C@H](CN)NS(=O)(=O)c1cc(F)ccc1F. The molecule has 16 heavy (non-hydrogen) atoms. The molecule has 0 aliphatic heterocycles. The van der Waals surface area contributed by atoms with E-state index in [2.05, 4.69) is 4.72 Å². The molecule has 0 aromatic heterocycles. The van der Waals surface area contributed by atoms with Crippen molar-refractivity contribution in [3.8, 4) is 0 Å². The summed E-state index contributed by atoms with van der Waals surface area (Å²) in [5.41, 5.74) is 5.23. The van der Waals surface area contributed by atoms with E-state index in [0.29, 0.717) is 6.07 Å². The summed E-state index contributed by atoms with van der Waals surface area (Å²) in [6, 6.07) is 1.69. The van der Waals surface area contributed by atoms with Gasteiger partial charge in [-0.2, -0.15) is 0 Å². The molecule has 0 spiro atoms. The molecule has 0 unspecified atom stereocenters. The van der Waals surface area contributed by atoms with Crippen molar-refractivity contribution in [1.82, 2.24) is 4.72 Å². The van der Waals surface area contributed by atoms with Gasteiger partial charge < -0.3 is 5.73 Å². The topological polar surface area (TPSA) is 72.2 Å². The van der Waals surface area contributed by atoms with Crippen LogP contribution in [0.5, 0.6) is 0 Å². The fraction of sp³-hybridized carbons (Fsp3) is 0.333. The fourth-order valence-electron chi connectivity index (χ4n) is 1.06. The van der Waals surface area contributed by atoms with Crippen LogP contribution in [0.1, 0.15) is 6.92 Å². The molecule has 1 aromatic carbocycles. The van der Waals surface area contributed by atoms with Gasteiger partial charge >= 0.3 is 0 Å². The monoisotopic (exact) mass is 250 g/mol. The zero-order valence-electron chi connectivity index (χ0n) is 8.57. The van der Waals surface area contributed by atoms with Crippen molar-refractivity contribution in [2.45, 2.75) is 17.9 Å². The number of halogens is 2. The van der Waals surface area contributed by atoms with Gasteiger partial charge in [0.15, 0.2) is 0 Å². The maximum absolute atomic E-state index is 13.2. The van der Waals surface area contributed by atoms with Crippen LogP contribution in [0.3, 0.4) is 0 Å². The molecule has 0 aliphatic carbocycles. The van der Waals surface area contributed by atoms with Crippen LogP contribution in [-0.2, 0) is 10.0 Å². The van der Waals surface area contributed by atoms with Crippen molar-refractivity contribution in [2.75, 3.05) is 6.54 Å². The van der Waals surface area contributed by atoms with Gasteiger partial charge in [-0.1, -0.05) is 0 Å². The largest absolute Gasteiger partial charge is 0.329 e. The molecular weight excluding hydrogens is 238 g/mol. The molecule has 0 amide bonds. The van der Waals surface area contributed by atoms with E-state index in [1.54, 1.807) is 0 Å². The fourth-order valence-corrected chi connectivity index (χ4v) is 2.40. The lowest BCUT2D eigenvalue weighted by molar-refractivity contribution is 0.536. The summed E-state index contributed by atoms with van der Waals surface area (Å²) in [4.78, 5) is -0.715. The standard InChI is InChI=1S/C9H12F2N2O2S/c1-6(5-12)13-16(14,15)9-4-7(10)2-3-8(9)11/h2-4,6,13H,5,12H2,1H3/t6-/m1/s1. The minimum Gasteiger partial charge on any atom is -0.329 e. The van der Waals surface area contributed by atoms with E-state index in [9.17, 15) is 17.2 Å². The second-order valence-corrected chi connectivity index (χ2v) is 5.02. The van der Waals surface area contributed by atoms with Gasteiger partial charge in [0, 0.05) is 12.6 Å². The van der Waals surface area contributed by atoms with E-state index < -0.39 is 32.6 Å². The average molecular weight is 250 g/mol. The van der Waals surface area contributed by atoms with Crippen LogP contribution in [-0.4, -0.2) is 21.0 Å². The molecule has 1 aromatic rings. The predicted molar refractivity (Wildman–Crippen MR) is 55.2 cm³/mol. The lowest BCUT2D eigenvalue weighted by Crippen LogP contribution is -2.38. The van der Waals surface area contributed by atoms with Gasteiger partial charge in [0.1, 0.15) is 16.5 Å². The third-order valence-electron chi connectivity index (χ3n) is 1.89. The van der Waals surface area contributed by atoms with E-state index >= 15 is 0 Å². The Bertz CT molecular complexity index is 476. The van der Waals surface area contributed by atoms with Crippen LogP contribution >= 0.6 is 0 Å². The Balaban J connectivity index is 3.12. The highest BCUT2D eigenvalue weighted by atomic mass is 32.2. The molecular formula is C9H12F2N2O2S. The Morgan fingerprint density at radius 2 is 2.06 bits per heavy atom. The average Bonchev–Trinajstić information content (AvgIpc) is 2.20. The quantitative estimate of drug-likeness (QED) is 0.821.